The van der Waals surface area contributed by atoms with E-state index < -0.39 is 12.3 Å². The predicted molar refractivity (Wildman–Crippen MR) is 159 cm³/mol. The molecule has 0 heterocycles. The van der Waals surface area contributed by atoms with Crippen molar-refractivity contribution in [3.63, 3.8) is 0 Å². The van der Waals surface area contributed by atoms with Crippen LogP contribution in [-0.4, -0.2) is 6.11 Å². The third-order valence-corrected chi connectivity index (χ3v) is 9.33. The fourth-order valence-electron chi connectivity index (χ4n) is 6.69. The highest BCUT2D eigenvalue weighted by Gasteiger charge is 2.43. The van der Waals surface area contributed by atoms with E-state index in [2.05, 4.69) is 25.7 Å². The van der Waals surface area contributed by atoms with E-state index in [0.717, 1.165) is 43.1 Å². The molecule has 0 aliphatic heterocycles. The molecule has 1 unspecified atom stereocenters. The first-order valence-electron chi connectivity index (χ1n) is 15.5. The van der Waals surface area contributed by atoms with Crippen molar-refractivity contribution in [3.05, 3.63) is 95.6 Å². The quantitative estimate of drug-likeness (QED) is 0.225. The minimum absolute atomic E-state index is 0.0370. The molecule has 2 aromatic carbocycles. The van der Waals surface area contributed by atoms with Gasteiger partial charge in [-0.1, -0.05) is 66.8 Å². The van der Waals surface area contributed by atoms with E-state index in [-0.39, 0.29) is 12.2 Å². The highest BCUT2D eigenvalue weighted by atomic mass is 19.3. The summed E-state index contributed by atoms with van der Waals surface area (Å²) in [5.74, 6) is 2.50. The van der Waals surface area contributed by atoms with Gasteiger partial charge < -0.3 is 4.74 Å². The van der Waals surface area contributed by atoms with Crippen LogP contribution in [0.5, 0.6) is 0 Å². The molecule has 2 saturated carbocycles. The SMILES string of the molecule is C=CCCC1CCC(c2ccc(C(F)C(F)(F)OCc3ccc(C4CCC(CC/C=C/C)CC4)cc3)cc2)CC1. The molecule has 1 atom stereocenters. The standard InChI is InChI=1S/C36H47F3O/c1-3-5-7-9-28-12-18-30(19-13-28)32-20-14-29(15-21-32)26-40-36(38,39)35(37)34-24-22-33(23-25-34)31-16-10-27(11-17-31)8-6-4-2/h3-5,14-15,20-25,27-28,30-31,35H,2,6-13,16-19,26H2,1H3/b5-3+. The van der Waals surface area contributed by atoms with E-state index in [9.17, 15) is 13.2 Å². The monoisotopic (exact) mass is 552 g/mol. The molecule has 0 saturated heterocycles. The summed E-state index contributed by atoms with van der Waals surface area (Å²) in [6.45, 7) is 5.56. The first kappa shape index (κ1) is 30.6. The summed E-state index contributed by atoms with van der Waals surface area (Å²) >= 11 is 0. The second kappa shape index (κ2) is 15.1. The highest BCUT2D eigenvalue weighted by Crippen LogP contribution is 2.41. The van der Waals surface area contributed by atoms with Gasteiger partial charge in [-0.25, -0.2) is 4.39 Å². The fraction of sp³-hybridized carbons (Fsp3) is 0.556. The van der Waals surface area contributed by atoms with E-state index in [4.69, 9.17) is 4.74 Å². The number of hydrogen-bond donors (Lipinski definition) is 0. The Bertz CT molecular complexity index is 1040. The van der Waals surface area contributed by atoms with Gasteiger partial charge in [-0.15, -0.1) is 6.58 Å². The number of hydrogen-bond acceptors (Lipinski definition) is 1. The molecule has 0 spiro atoms. The molecule has 2 aliphatic rings. The molecule has 0 radical (unpaired) electrons. The largest absolute Gasteiger partial charge is 0.391 e. The Balaban J connectivity index is 1.23. The van der Waals surface area contributed by atoms with Crippen molar-refractivity contribution in [1.82, 2.24) is 0 Å². The summed E-state index contributed by atoms with van der Waals surface area (Å²) in [6.07, 6.45) is 14.0. The highest BCUT2D eigenvalue weighted by molar-refractivity contribution is 5.28. The van der Waals surface area contributed by atoms with Crippen molar-refractivity contribution in [2.45, 2.75) is 115 Å². The van der Waals surface area contributed by atoms with Gasteiger partial charge in [-0.05, 0) is 130 Å². The van der Waals surface area contributed by atoms with Crippen molar-refractivity contribution in [2.75, 3.05) is 0 Å². The summed E-state index contributed by atoms with van der Waals surface area (Å²) in [4.78, 5) is 0. The normalized spacial score (nSPS) is 24.7. The second-order valence-electron chi connectivity index (χ2n) is 12.1. The summed E-state index contributed by atoms with van der Waals surface area (Å²) in [6, 6.07) is 14.4. The molecule has 0 aromatic heterocycles. The fourth-order valence-corrected chi connectivity index (χ4v) is 6.69. The second-order valence-corrected chi connectivity index (χ2v) is 12.1. The van der Waals surface area contributed by atoms with Crippen LogP contribution in [0, 0.1) is 11.8 Å². The summed E-state index contributed by atoms with van der Waals surface area (Å²) < 4.78 is 49.2. The zero-order chi connectivity index (χ0) is 28.4. The molecule has 4 heteroatoms. The van der Waals surface area contributed by atoms with Crippen LogP contribution in [0.2, 0.25) is 0 Å². The lowest BCUT2D eigenvalue weighted by molar-refractivity contribution is -0.282. The van der Waals surface area contributed by atoms with Gasteiger partial charge in [0.25, 0.3) is 0 Å². The molecule has 40 heavy (non-hydrogen) atoms. The van der Waals surface area contributed by atoms with Crippen molar-refractivity contribution >= 4 is 0 Å². The Morgan fingerprint density at radius 3 is 1.80 bits per heavy atom. The molecule has 4 rings (SSSR count). The molecule has 2 aromatic rings. The minimum atomic E-state index is -3.89. The molecular formula is C36H47F3O. The van der Waals surface area contributed by atoms with Crippen LogP contribution < -0.4 is 0 Å². The van der Waals surface area contributed by atoms with Gasteiger partial charge in [-0.2, -0.15) is 8.78 Å². The van der Waals surface area contributed by atoms with Crippen LogP contribution in [-0.2, 0) is 11.3 Å². The van der Waals surface area contributed by atoms with E-state index >= 15 is 0 Å². The zero-order valence-corrected chi connectivity index (χ0v) is 24.2. The topological polar surface area (TPSA) is 9.23 Å². The number of alkyl halides is 3. The predicted octanol–water partition coefficient (Wildman–Crippen LogP) is 11.4. The zero-order valence-electron chi connectivity index (χ0n) is 24.2. The van der Waals surface area contributed by atoms with Crippen LogP contribution in [0.25, 0.3) is 0 Å². The first-order valence-corrected chi connectivity index (χ1v) is 15.5. The average molecular weight is 553 g/mol. The minimum Gasteiger partial charge on any atom is -0.313 e. The number of rotatable bonds is 13. The van der Waals surface area contributed by atoms with E-state index in [0.29, 0.717) is 17.4 Å². The Morgan fingerprint density at radius 1 is 0.800 bits per heavy atom. The van der Waals surface area contributed by atoms with Gasteiger partial charge in [0.15, 0.2) is 0 Å². The van der Waals surface area contributed by atoms with Crippen LogP contribution in [0.3, 0.4) is 0 Å². The lowest BCUT2D eigenvalue weighted by atomic mass is 9.77. The van der Waals surface area contributed by atoms with Crippen LogP contribution >= 0.6 is 0 Å². The average Bonchev–Trinajstić information content (AvgIpc) is 3.00. The third-order valence-electron chi connectivity index (χ3n) is 9.33. The van der Waals surface area contributed by atoms with E-state index in [1.165, 1.54) is 69.1 Å². The number of benzene rings is 2. The van der Waals surface area contributed by atoms with Crippen LogP contribution in [0.1, 0.15) is 124 Å². The maximum atomic E-state index is 14.9. The van der Waals surface area contributed by atoms with E-state index in [1.807, 2.05) is 42.5 Å². The Hall–Kier alpha value is -2.33. The molecule has 2 fully saturated rings. The van der Waals surface area contributed by atoms with Gasteiger partial charge in [0.2, 0.25) is 6.17 Å². The molecule has 1 nitrogen and oxygen atoms in total. The van der Waals surface area contributed by atoms with Crippen molar-refractivity contribution in [1.29, 1.82) is 0 Å². The van der Waals surface area contributed by atoms with Crippen molar-refractivity contribution in [2.24, 2.45) is 11.8 Å². The summed E-state index contributed by atoms with van der Waals surface area (Å²) in [5, 5.41) is 0. The van der Waals surface area contributed by atoms with Gasteiger partial charge in [0.05, 0.1) is 6.61 Å². The molecule has 0 amide bonds. The maximum Gasteiger partial charge on any atom is 0.391 e. The Labute approximate surface area is 239 Å². The molecule has 2 aliphatic carbocycles. The third kappa shape index (κ3) is 8.59. The lowest BCUT2D eigenvalue weighted by Gasteiger charge is -2.29. The van der Waals surface area contributed by atoms with Crippen LogP contribution in [0.4, 0.5) is 13.2 Å². The van der Waals surface area contributed by atoms with Crippen LogP contribution in [0.15, 0.2) is 73.3 Å². The molecular weight excluding hydrogens is 505 g/mol. The number of halogens is 3. The molecule has 218 valence electrons. The Morgan fingerprint density at radius 2 is 1.30 bits per heavy atom. The molecule has 0 bridgehead atoms. The summed E-state index contributed by atoms with van der Waals surface area (Å²) in [5.41, 5.74) is 2.97. The van der Waals surface area contributed by atoms with Gasteiger partial charge in [0, 0.05) is 0 Å². The van der Waals surface area contributed by atoms with Crippen molar-refractivity contribution < 1.29 is 17.9 Å². The number of allylic oxidation sites excluding steroid dienone is 3. The van der Waals surface area contributed by atoms with Gasteiger partial charge in [-0.3, -0.25) is 0 Å². The maximum absolute atomic E-state index is 14.9. The first-order chi connectivity index (χ1) is 19.4. The Kier molecular flexibility index (Phi) is 11.5. The number of ether oxygens (including phenoxy) is 1. The van der Waals surface area contributed by atoms with E-state index in [1.54, 1.807) is 0 Å². The van der Waals surface area contributed by atoms with Gasteiger partial charge in [0.1, 0.15) is 0 Å². The van der Waals surface area contributed by atoms with Crippen molar-refractivity contribution in [3.8, 4) is 0 Å². The van der Waals surface area contributed by atoms with Gasteiger partial charge >= 0.3 is 6.11 Å². The smallest absolute Gasteiger partial charge is 0.313 e. The summed E-state index contributed by atoms with van der Waals surface area (Å²) in [7, 11) is 0. The molecule has 0 N–H and O–H groups in total. The lowest BCUT2D eigenvalue weighted by Crippen LogP contribution is -2.27.